The second kappa shape index (κ2) is 6.54. The number of carbonyl (C=O) groups is 1. The van der Waals surface area contributed by atoms with E-state index in [0.717, 1.165) is 19.5 Å². The van der Waals surface area contributed by atoms with Crippen LogP contribution in [0.15, 0.2) is 41.3 Å². The molecule has 1 aliphatic heterocycles. The molecule has 1 saturated heterocycles. The van der Waals surface area contributed by atoms with Crippen molar-refractivity contribution in [3.63, 3.8) is 0 Å². The summed E-state index contributed by atoms with van der Waals surface area (Å²) >= 11 is 0. The maximum absolute atomic E-state index is 12.6. The Morgan fingerprint density at radius 1 is 1.48 bits per heavy atom. The number of hydrogen-bond acceptors (Lipinski definition) is 4. The Bertz CT molecular complexity index is 668. The van der Waals surface area contributed by atoms with Crippen LogP contribution in [0.4, 0.5) is 0 Å². The molecule has 122 valence electrons. The molecular weight excluding hydrogens is 290 g/mol. The number of rotatable bonds is 4. The Labute approximate surface area is 136 Å². The van der Waals surface area contributed by atoms with Gasteiger partial charge in [-0.2, -0.15) is 0 Å². The van der Waals surface area contributed by atoms with Crippen molar-refractivity contribution in [2.24, 2.45) is 5.92 Å². The van der Waals surface area contributed by atoms with E-state index in [2.05, 4.69) is 23.0 Å². The first-order chi connectivity index (χ1) is 11.1. The molecule has 23 heavy (non-hydrogen) atoms. The van der Waals surface area contributed by atoms with Crippen LogP contribution in [0.25, 0.3) is 0 Å². The normalized spacial score (nSPS) is 21.5. The van der Waals surface area contributed by atoms with Gasteiger partial charge in [0.2, 0.25) is 0 Å². The maximum atomic E-state index is 12.6. The number of hydrogen-bond donors (Lipinski definition) is 0. The van der Waals surface area contributed by atoms with Gasteiger partial charge in [0.15, 0.2) is 0 Å². The van der Waals surface area contributed by atoms with Crippen molar-refractivity contribution >= 4 is 5.91 Å². The highest BCUT2D eigenvalue weighted by atomic mass is 16.3. The molecule has 0 radical (unpaired) electrons. The third kappa shape index (κ3) is 3.15. The monoisotopic (exact) mass is 313 g/mol. The summed E-state index contributed by atoms with van der Waals surface area (Å²) in [5.74, 6) is 1.11. The van der Waals surface area contributed by atoms with Gasteiger partial charge >= 0.3 is 0 Å². The average molecular weight is 313 g/mol. The summed E-state index contributed by atoms with van der Waals surface area (Å²) in [7, 11) is 4.01. The molecule has 5 heteroatoms. The van der Waals surface area contributed by atoms with Gasteiger partial charge in [0, 0.05) is 32.0 Å². The number of aryl methyl sites for hydroxylation is 1. The summed E-state index contributed by atoms with van der Waals surface area (Å²) in [5, 5.41) is 0. The highest BCUT2D eigenvalue weighted by molar-refractivity contribution is 5.94. The first-order valence-electron chi connectivity index (χ1n) is 7.97. The lowest BCUT2D eigenvalue weighted by molar-refractivity contribution is 0.0759. The van der Waals surface area contributed by atoms with E-state index in [4.69, 9.17) is 4.42 Å². The van der Waals surface area contributed by atoms with E-state index in [9.17, 15) is 4.79 Å². The predicted octanol–water partition coefficient (Wildman–Crippen LogP) is 2.75. The molecular formula is C18H23N3O2. The highest BCUT2D eigenvalue weighted by Gasteiger charge is 2.34. The van der Waals surface area contributed by atoms with Gasteiger partial charge in [-0.25, -0.2) is 0 Å². The molecule has 0 aromatic carbocycles. The Morgan fingerprint density at radius 3 is 2.96 bits per heavy atom. The fourth-order valence-electron chi connectivity index (χ4n) is 3.54. The minimum Gasteiger partial charge on any atom is -0.469 e. The molecule has 3 rings (SSSR count). The fraction of sp³-hybridized carbons (Fsp3) is 0.444. The topological polar surface area (TPSA) is 49.6 Å². The van der Waals surface area contributed by atoms with Crippen LogP contribution in [0.1, 0.15) is 34.1 Å². The maximum Gasteiger partial charge on any atom is 0.257 e. The smallest absolute Gasteiger partial charge is 0.257 e. The summed E-state index contributed by atoms with van der Waals surface area (Å²) in [5.41, 5.74) is 1.87. The molecule has 1 aliphatic rings. The molecule has 3 heterocycles. The third-order valence-corrected chi connectivity index (χ3v) is 4.74. The van der Waals surface area contributed by atoms with Gasteiger partial charge in [0.1, 0.15) is 5.76 Å². The number of aromatic nitrogens is 1. The van der Waals surface area contributed by atoms with Crippen molar-refractivity contribution in [2.75, 3.05) is 27.2 Å². The number of nitrogens with zero attached hydrogens (tertiary/aromatic N) is 3. The summed E-state index contributed by atoms with van der Waals surface area (Å²) in [4.78, 5) is 21.0. The van der Waals surface area contributed by atoms with Crippen molar-refractivity contribution in [2.45, 2.75) is 19.4 Å². The van der Waals surface area contributed by atoms with E-state index in [1.165, 1.54) is 5.56 Å². The number of likely N-dealkylation sites (tertiary alicyclic amines) is 1. The van der Waals surface area contributed by atoms with Crippen molar-refractivity contribution in [3.05, 3.63) is 53.7 Å². The van der Waals surface area contributed by atoms with Crippen LogP contribution in [-0.4, -0.2) is 47.9 Å². The van der Waals surface area contributed by atoms with Crippen molar-refractivity contribution in [3.8, 4) is 0 Å². The van der Waals surface area contributed by atoms with Crippen LogP contribution in [0.2, 0.25) is 0 Å². The number of carbonyl (C=O) groups excluding carboxylic acids is 1. The van der Waals surface area contributed by atoms with Crippen molar-refractivity contribution < 1.29 is 9.21 Å². The van der Waals surface area contributed by atoms with Crippen LogP contribution >= 0.6 is 0 Å². The lowest BCUT2D eigenvalue weighted by atomic mass is 9.94. The van der Waals surface area contributed by atoms with Gasteiger partial charge in [0.05, 0.1) is 11.8 Å². The molecule has 5 nitrogen and oxygen atoms in total. The molecule has 0 bridgehead atoms. The van der Waals surface area contributed by atoms with E-state index in [0.29, 0.717) is 23.3 Å². The van der Waals surface area contributed by atoms with E-state index >= 15 is 0 Å². The van der Waals surface area contributed by atoms with Crippen molar-refractivity contribution in [1.29, 1.82) is 0 Å². The van der Waals surface area contributed by atoms with Crippen LogP contribution in [-0.2, 0) is 0 Å². The molecule has 2 aromatic rings. The average Bonchev–Trinajstić information content (AvgIpc) is 3.13. The van der Waals surface area contributed by atoms with Crippen LogP contribution in [0.3, 0.4) is 0 Å². The highest BCUT2D eigenvalue weighted by Crippen LogP contribution is 2.36. The quantitative estimate of drug-likeness (QED) is 0.871. The molecule has 1 amide bonds. The Hall–Kier alpha value is -2.14. The third-order valence-electron chi connectivity index (χ3n) is 4.74. The summed E-state index contributed by atoms with van der Waals surface area (Å²) in [6.07, 6.45) is 6.38. The molecule has 2 atom stereocenters. The van der Waals surface area contributed by atoms with Crippen LogP contribution < -0.4 is 0 Å². The lowest BCUT2D eigenvalue weighted by Crippen LogP contribution is -2.34. The molecule has 0 aliphatic carbocycles. The second-order valence-corrected chi connectivity index (χ2v) is 6.34. The SMILES string of the molecule is Cc1occc1C(=O)N(C)C[C@@H]1CCN(C)[C@H]1c1cccnc1. The van der Waals surface area contributed by atoms with Gasteiger partial charge in [-0.05, 0) is 50.6 Å². The molecule has 2 aromatic heterocycles. The summed E-state index contributed by atoms with van der Waals surface area (Å²) in [6, 6.07) is 6.15. The summed E-state index contributed by atoms with van der Waals surface area (Å²) in [6.45, 7) is 3.59. The molecule has 0 saturated carbocycles. The van der Waals surface area contributed by atoms with Crippen LogP contribution in [0, 0.1) is 12.8 Å². The Kier molecular flexibility index (Phi) is 4.48. The zero-order valence-electron chi connectivity index (χ0n) is 13.9. The Morgan fingerprint density at radius 2 is 2.30 bits per heavy atom. The predicted molar refractivity (Wildman–Crippen MR) is 88.1 cm³/mol. The summed E-state index contributed by atoms with van der Waals surface area (Å²) < 4.78 is 5.25. The molecule has 0 unspecified atom stereocenters. The van der Waals surface area contributed by atoms with E-state index in [1.54, 1.807) is 18.5 Å². The van der Waals surface area contributed by atoms with Gasteiger partial charge in [-0.15, -0.1) is 0 Å². The Balaban J connectivity index is 1.74. The minimum atomic E-state index is 0.0238. The van der Waals surface area contributed by atoms with Crippen LogP contribution in [0.5, 0.6) is 0 Å². The fourth-order valence-corrected chi connectivity index (χ4v) is 3.54. The van der Waals surface area contributed by atoms with E-state index in [1.807, 2.05) is 31.1 Å². The van der Waals surface area contributed by atoms with E-state index < -0.39 is 0 Å². The number of pyridine rings is 1. The standard InChI is InChI=1S/C18H23N3O2/c1-13-16(7-10-23-13)18(22)21(3)12-15-6-9-20(2)17(15)14-5-4-8-19-11-14/h4-5,7-8,10-11,15,17H,6,9,12H2,1-3H3/t15-,17-/m0/s1. The van der Waals surface area contributed by atoms with Crippen molar-refractivity contribution in [1.82, 2.24) is 14.8 Å². The molecule has 0 N–H and O–H groups in total. The first-order valence-corrected chi connectivity index (χ1v) is 7.97. The largest absolute Gasteiger partial charge is 0.469 e. The van der Waals surface area contributed by atoms with E-state index in [-0.39, 0.29) is 5.91 Å². The molecule has 0 spiro atoms. The minimum absolute atomic E-state index is 0.0238. The molecule has 1 fully saturated rings. The second-order valence-electron chi connectivity index (χ2n) is 6.34. The number of furan rings is 1. The van der Waals surface area contributed by atoms with Gasteiger partial charge < -0.3 is 9.32 Å². The zero-order valence-corrected chi connectivity index (χ0v) is 13.9. The zero-order chi connectivity index (χ0) is 16.4. The van der Waals surface area contributed by atoms with Gasteiger partial charge in [-0.1, -0.05) is 6.07 Å². The lowest BCUT2D eigenvalue weighted by Gasteiger charge is -2.28. The number of amides is 1. The first kappa shape index (κ1) is 15.7. The van der Waals surface area contributed by atoms with Gasteiger partial charge in [0.25, 0.3) is 5.91 Å². The van der Waals surface area contributed by atoms with Gasteiger partial charge in [-0.3, -0.25) is 14.7 Å².